The average molecular weight is 981 g/mol. The van der Waals surface area contributed by atoms with E-state index in [-0.39, 0.29) is 50.1 Å². The van der Waals surface area contributed by atoms with Crippen molar-refractivity contribution < 1.29 is 57.6 Å². The molecule has 9 rings (SSSR count). The number of carbonyl (C=O) groups is 1. The highest BCUT2D eigenvalue weighted by Gasteiger charge is 2.67. The quantitative estimate of drug-likeness (QED) is 0.0913. The predicted octanol–water partition coefficient (Wildman–Crippen LogP) is 7.05. The van der Waals surface area contributed by atoms with Gasteiger partial charge in [-0.25, -0.2) is 39.7 Å². The van der Waals surface area contributed by atoms with E-state index in [2.05, 4.69) is 20.2 Å². The van der Waals surface area contributed by atoms with E-state index in [4.69, 9.17) is 25.9 Å². The molecule has 3 aliphatic rings. The van der Waals surface area contributed by atoms with Crippen molar-refractivity contribution in [3.05, 3.63) is 104 Å². The van der Waals surface area contributed by atoms with Crippen LogP contribution in [0.5, 0.6) is 0 Å². The first-order valence-electron chi connectivity index (χ1n) is 20.6. The first-order chi connectivity index (χ1) is 31.2. The van der Waals surface area contributed by atoms with Gasteiger partial charge in [0, 0.05) is 24.0 Å². The van der Waals surface area contributed by atoms with E-state index in [1.165, 1.54) is 30.3 Å². The number of aromatic nitrogens is 6. The van der Waals surface area contributed by atoms with Crippen molar-refractivity contribution >= 4 is 67.7 Å². The number of hydrogen-bond donors (Lipinski definition) is 2. The molecule has 0 radical (unpaired) electrons. The van der Waals surface area contributed by atoms with Crippen molar-refractivity contribution in [2.24, 2.45) is 5.92 Å². The second-order valence-corrected chi connectivity index (χ2v) is 20.0. The summed E-state index contributed by atoms with van der Waals surface area (Å²) in [6.45, 7) is 5.00. The summed E-state index contributed by atoms with van der Waals surface area (Å²) >= 11 is 6.59. The van der Waals surface area contributed by atoms with Gasteiger partial charge < -0.3 is 14.6 Å². The number of amides is 1. The van der Waals surface area contributed by atoms with E-state index in [0.29, 0.717) is 20.9 Å². The molecule has 0 bridgehead atoms. The Morgan fingerprint density at radius 1 is 0.970 bits per heavy atom. The zero-order valence-corrected chi connectivity index (χ0v) is 37.4. The minimum Gasteiger partial charge on any atom is -0.399 e. The fourth-order valence-electron chi connectivity index (χ4n) is 8.89. The van der Waals surface area contributed by atoms with Crippen molar-refractivity contribution in [2.75, 3.05) is 11.0 Å². The average Bonchev–Trinajstić information content (AvgIpc) is 3.63. The number of carbonyl (C=O) groups excluding carboxylic acids is 1. The van der Waals surface area contributed by atoms with E-state index < -0.39 is 131 Å². The van der Waals surface area contributed by atoms with Crippen LogP contribution in [0.2, 0.25) is 5.02 Å². The molecule has 1 saturated heterocycles. The maximum atomic E-state index is 15.6. The predicted molar refractivity (Wildman–Crippen MR) is 229 cm³/mol. The Kier molecular flexibility index (Phi) is 11.1. The third-order valence-electron chi connectivity index (χ3n) is 12.6. The van der Waals surface area contributed by atoms with Gasteiger partial charge in [0.1, 0.15) is 41.9 Å². The number of nitrogens with zero attached hydrogens (tertiary/aromatic N) is 6. The largest absolute Gasteiger partial charge is 0.494 e. The summed E-state index contributed by atoms with van der Waals surface area (Å²) in [5, 5.41) is 9.81. The normalized spacial score (nSPS) is 19.7. The fraction of sp³-hybridized carbons (Fsp3) is 0.405. The molecule has 1 unspecified atom stereocenters. The lowest BCUT2D eigenvalue weighted by molar-refractivity contribution is -0.123. The van der Waals surface area contributed by atoms with Gasteiger partial charge in [-0.05, 0) is 87.5 Å². The molecule has 2 N–H and O–H groups in total. The number of alkyl halides is 6. The van der Waals surface area contributed by atoms with E-state index in [0.717, 1.165) is 23.0 Å². The third kappa shape index (κ3) is 8.21. The molecule has 3 atom stereocenters. The smallest absolute Gasteiger partial charge is 0.399 e. The molecule has 67 heavy (non-hydrogen) atoms. The van der Waals surface area contributed by atoms with Crippen LogP contribution < -0.4 is 21.1 Å². The van der Waals surface area contributed by atoms with Gasteiger partial charge in [-0.2, -0.15) is 19.0 Å². The Morgan fingerprint density at radius 3 is 2.27 bits per heavy atom. The van der Waals surface area contributed by atoms with Crippen LogP contribution in [0.4, 0.5) is 40.9 Å². The SMILES string of the molecule is CC1(C)OB(c2ccc3c(=O)n(-c4ccc(Cl)c5c(NS(C)(=O)=O)nn(CC(F)F)c45)c(C(Cc4cc(F)cc(F)c4)NC(=O)Cn4nc(C(F)F)c5c4C(F)(F)[C@@H]4C[C@H]54)nc3c2)OC1(C)C. The van der Waals surface area contributed by atoms with Crippen LogP contribution in [0, 0.1) is 17.6 Å². The molecule has 354 valence electrons. The van der Waals surface area contributed by atoms with Gasteiger partial charge >= 0.3 is 7.12 Å². The number of rotatable bonds is 13. The Labute approximate surface area is 380 Å². The molecule has 1 saturated carbocycles. The fourth-order valence-corrected chi connectivity index (χ4v) is 9.63. The maximum Gasteiger partial charge on any atom is 0.494 e. The molecule has 2 fully saturated rings. The van der Waals surface area contributed by atoms with E-state index >= 15 is 13.6 Å². The Morgan fingerprint density at radius 2 is 1.64 bits per heavy atom. The highest BCUT2D eigenvalue weighted by molar-refractivity contribution is 7.92. The third-order valence-corrected chi connectivity index (χ3v) is 13.4. The van der Waals surface area contributed by atoms with Gasteiger partial charge in [-0.15, -0.1) is 0 Å². The molecule has 14 nitrogen and oxygen atoms in total. The lowest BCUT2D eigenvalue weighted by Gasteiger charge is -2.32. The zero-order valence-electron chi connectivity index (χ0n) is 35.9. The molecule has 3 aromatic heterocycles. The molecular weight excluding hydrogens is 943 g/mol. The second-order valence-electron chi connectivity index (χ2n) is 17.8. The molecule has 0 spiro atoms. The van der Waals surface area contributed by atoms with Gasteiger partial charge in [0.25, 0.3) is 24.3 Å². The first kappa shape index (κ1) is 46.5. The van der Waals surface area contributed by atoms with Gasteiger partial charge in [0.2, 0.25) is 15.9 Å². The van der Waals surface area contributed by atoms with Crippen LogP contribution in [-0.4, -0.2) is 74.4 Å². The van der Waals surface area contributed by atoms with Gasteiger partial charge in [0.05, 0.1) is 56.0 Å². The number of sulfonamides is 1. The summed E-state index contributed by atoms with van der Waals surface area (Å²) in [6.07, 6.45) is -6.24. The van der Waals surface area contributed by atoms with Crippen molar-refractivity contribution in [1.82, 2.24) is 34.4 Å². The number of nitrogens with one attached hydrogen (secondary N) is 2. The van der Waals surface area contributed by atoms with Gasteiger partial charge in [-0.3, -0.25) is 28.2 Å². The van der Waals surface area contributed by atoms with Crippen molar-refractivity contribution in [3.63, 3.8) is 0 Å². The van der Waals surface area contributed by atoms with Crippen LogP contribution in [0.15, 0.2) is 53.3 Å². The summed E-state index contributed by atoms with van der Waals surface area (Å²) in [6, 6.07) is 7.47. The van der Waals surface area contributed by atoms with Gasteiger partial charge in [0.15, 0.2) is 5.82 Å². The zero-order chi connectivity index (χ0) is 48.4. The molecule has 1 aliphatic heterocycles. The summed E-state index contributed by atoms with van der Waals surface area (Å²) in [5.74, 6) is -9.95. The minimum absolute atomic E-state index is 0.0503. The summed E-state index contributed by atoms with van der Waals surface area (Å²) in [4.78, 5) is 34.2. The number of halogens is 9. The van der Waals surface area contributed by atoms with Crippen LogP contribution >= 0.6 is 11.6 Å². The number of fused-ring (bicyclic) bond motifs is 5. The summed E-state index contributed by atoms with van der Waals surface area (Å²) < 4.78 is 159. The summed E-state index contributed by atoms with van der Waals surface area (Å²) in [5.41, 5.74) is -5.11. The lowest BCUT2D eigenvalue weighted by atomic mass is 9.79. The molecule has 1 amide bonds. The Bertz CT molecular complexity index is 3180. The highest BCUT2D eigenvalue weighted by Crippen LogP contribution is 2.68. The minimum atomic E-state index is -4.14. The molecule has 6 aromatic rings. The molecule has 3 aromatic carbocycles. The second kappa shape index (κ2) is 16.0. The molecular formula is C42H38BClF8N8O6S. The van der Waals surface area contributed by atoms with Crippen LogP contribution in [0.25, 0.3) is 27.5 Å². The number of anilines is 1. The van der Waals surface area contributed by atoms with Crippen molar-refractivity contribution in [2.45, 2.75) is 95.6 Å². The Hall–Kier alpha value is -5.59. The van der Waals surface area contributed by atoms with Crippen LogP contribution in [0.1, 0.15) is 80.8 Å². The lowest BCUT2D eigenvalue weighted by Crippen LogP contribution is -2.41. The van der Waals surface area contributed by atoms with E-state index in [1.54, 1.807) is 0 Å². The standard InChI is InChI=1S/C42H38BClF8N8O6S/c1-40(2)41(3,4)66-43(65-40)19-6-7-22-26(13-19)54-38(60(39(22)62)28-9-8-25(44)32-34(28)58(16-29(47)48)56-37(32)57-67(5,63)64)27(12-18-10-20(45)14-21(46)11-18)53-30(61)17-59-35-31(33(55-59)36(49)50)23-15-24(23)42(35,51)52/h6-11,13-14,23-24,27,29,36H,12,15-17H2,1-5H3,(H,53,61)(H,56,57)/t23-,24+,27?/m0/s1. The van der Waals surface area contributed by atoms with Crippen LogP contribution in [0.3, 0.4) is 0 Å². The van der Waals surface area contributed by atoms with Crippen molar-refractivity contribution in [1.29, 1.82) is 0 Å². The maximum absolute atomic E-state index is 15.6. The van der Waals surface area contributed by atoms with Gasteiger partial charge in [-0.1, -0.05) is 17.7 Å². The molecule has 4 heterocycles. The number of hydrogen-bond acceptors (Lipinski definition) is 9. The monoisotopic (exact) mass is 980 g/mol. The van der Waals surface area contributed by atoms with Crippen LogP contribution in [-0.2, 0) is 49.6 Å². The van der Waals surface area contributed by atoms with E-state index in [1.807, 2.05) is 27.7 Å². The number of benzene rings is 3. The highest BCUT2D eigenvalue weighted by atomic mass is 35.5. The molecule has 2 aliphatic carbocycles. The molecule has 25 heteroatoms. The summed E-state index contributed by atoms with van der Waals surface area (Å²) in [7, 11) is -5.13. The topological polar surface area (TPSA) is 164 Å². The Balaban J connectivity index is 1.27. The first-order valence-corrected chi connectivity index (χ1v) is 22.9. The van der Waals surface area contributed by atoms with E-state index in [9.17, 15) is 39.6 Å². The van der Waals surface area contributed by atoms with Crippen molar-refractivity contribution in [3.8, 4) is 5.69 Å².